The van der Waals surface area contributed by atoms with Gasteiger partial charge in [0.05, 0.1) is 0 Å². The fraction of sp³-hybridized carbons (Fsp3) is 0.917. The Bertz CT molecular complexity index is 195. The van der Waals surface area contributed by atoms with E-state index in [1.807, 2.05) is 6.92 Å². The molecule has 0 aromatic rings. The van der Waals surface area contributed by atoms with Gasteiger partial charge in [0, 0.05) is 39.1 Å². The summed E-state index contributed by atoms with van der Waals surface area (Å²) in [4.78, 5) is 12.0. The molecule has 0 aromatic carbocycles. The zero-order valence-corrected chi connectivity index (χ0v) is 9.88. The van der Waals surface area contributed by atoms with Crippen molar-refractivity contribution in [3.63, 3.8) is 0 Å². The molecule has 0 spiro atoms. The minimum absolute atomic E-state index is 0.266. The molecule has 3 heteroatoms. The van der Waals surface area contributed by atoms with Gasteiger partial charge < -0.3 is 9.47 Å². The van der Waals surface area contributed by atoms with Gasteiger partial charge in [0.1, 0.15) is 5.60 Å². The van der Waals surface area contributed by atoms with Crippen LogP contribution in [0.4, 0.5) is 0 Å². The van der Waals surface area contributed by atoms with E-state index in [1.165, 1.54) is 0 Å². The van der Waals surface area contributed by atoms with Crippen LogP contribution in [0.1, 0.15) is 46.0 Å². The van der Waals surface area contributed by atoms with Crippen LogP contribution in [0.25, 0.3) is 0 Å². The number of rotatable bonds is 6. The van der Waals surface area contributed by atoms with E-state index in [0.717, 1.165) is 25.7 Å². The molecule has 0 unspecified atom stereocenters. The lowest BCUT2D eigenvalue weighted by Crippen LogP contribution is -2.46. The molecule has 0 bridgehead atoms. The largest absolute Gasteiger partial charge is 0.381 e. The van der Waals surface area contributed by atoms with Crippen molar-refractivity contribution in [1.29, 1.82) is 0 Å². The number of carbonyl (C=O) groups is 1. The first-order valence-corrected chi connectivity index (χ1v) is 6.00. The molecule has 1 heterocycles. The predicted molar refractivity (Wildman–Crippen MR) is 58.9 cm³/mol. The molecule has 0 aliphatic carbocycles. The van der Waals surface area contributed by atoms with Crippen molar-refractivity contribution in [3.8, 4) is 0 Å². The van der Waals surface area contributed by atoms with Gasteiger partial charge in [0.2, 0.25) is 0 Å². The molecule has 1 aliphatic heterocycles. The molecule has 1 saturated heterocycles. The first-order chi connectivity index (χ1) is 7.25. The molecule has 0 N–H and O–H groups in total. The fourth-order valence-electron chi connectivity index (χ4n) is 1.96. The molecular weight excluding hydrogens is 192 g/mol. The molecule has 15 heavy (non-hydrogen) atoms. The molecular formula is C12H22O3. The number of Topliss-reactive ketones (excluding diaryl/α,β-unsaturated/α-hetero) is 1. The van der Waals surface area contributed by atoms with E-state index in [1.54, 1.807) is 0 Å². The monoisotopic (exact) mass is 214 g/mol. The summed E-state index contributed by atoms with van der Waals surface area (Å²) < 4.78 is 11.1. The molecule has 88 valence electrons. The highest BCUT2D eigenvalue weighted by molar-refractivity contribution is 5.87. The minimum Gasteiger partial charge on any atom is -0.381 e. The van der Waals surface area contributed by atoms with Crippen LogP contribution in [0.3, 0.4) is 0 Å². The molecule has 0 saturated carbocycles. The lowest BCUT2D eigenvalue weighted by atomic mass is 9.87. The highest BCUT2D eigenvalue weighted by Crippen LogP contribution is 2.28. The highest BCUT2D eigenvalue weighted by atomic mass is 16.5. The quantitative estimate of drug-likeness (QED) is 0.680. The van der Waals surface area contributed by atoms with Gasteiger partial charge >= 0.3 is 0 Å². The van der Waals surface area contributed by atoms with Crippen LogP contribution >= 0.6 is 0 Å². The van der Waals surface area contributed by atoms with Crippen LogP contribution in [0.2, 0.25) is 0 Å². The molecule has 0 aromatic heterocycles. The number of hydrogen-bond donors (Lipinski definition) is 0. The third-order valence-corrected chi connectivity index (χ3v) is 2.87. The second-order valence-corrected chi connectivity index (χ2v) is 4.13. The summed E-state index contributed by atoms with van der Waals surface area (Å²) in [7, 11) is 0. The predicted octanol–water partition coefficient (Wildman–Crippen LogP) is 2.33. The van der Waals surface area contributed by atoms with Crippen LogP contribution in [0, 0.1) is 0 Å². The Balaban J connectivity index is 2.61. The third-order valence-electron chi connectivity index (χ3n) is 2.87. The zero-order valence-electron chi connectivity index (χ0n) is 9.88. The number of hydrogen-bond acceptors (Lipinski definition) is 3. The molecule has 1 fully saturated rings. The van der Waals surface area contributed by atoms with Crippen molar-refractivity contribution in [2.75, 3.05) is 19.8 Å². The maximum absolute atomic E-state index is 12.0. The van der Waals surface area contributed by atoms with E-state index in [2.05, 4.69) is 6.92 Å². The average molecular weight is 214 g/mol. The van der Waals surface area contributed by atoms with Gasteiger partial charge in [-0.15, -0.1) is 0 Å². The van der Waals surface area contributed by atoms with E-state index in [0.29, 0.717) is 26.2 Å². The van der Waals surface area contributed by atoms with Gasteiger partial charge in [-0.05, 0) is 12.8 Å². The number of ketones is 1. The second-order valence-electron chi connectivity index (χ2n) is 4.13. The van der Waals surface area contributed by atoms with Crippen molar-refractivity contribution < 1.29 is 14.3 Å². The molecule has 0 amide bonds. The lowest BCUT2D eigenvalue weighted by molar-refractivity contribution is -0.158. The van der Waals surface area contributed by atoms with Gasteiger partial charge in [0.15, 0.2) is 5.78 Å². The van der Waals surface area contributed by atoms with E-state index in [4.69, 9.17) is 9.47 Å². The molecule has 0 radical (unpaired) electrons. The highest BCUT2D eigenvalue weighted by Gasteiger charge is 2.39. The van der Waals surface area contributed by atoms with Gasteiger partial charge in [0.25, 0.3) is 0 Å². The summed E-state index contributed by atoms with van der Waals surface area (Å²) in [5.41, 5.74) is -0.524. The minimum atomic E-state index is -0.524. The van der Waals surface area contributed by atoms with E-state index in [-0.39, 0.29) is 5.78 Å². The van der Waals surface area contributed by atoms with Crippen LogP contribution in [0.15, 0.2) is 0 Å². The lowest BCUT2D eigenvalue weighted by Gasteiger charge is -2.35. The normalized spacial score (nSPS) is 20.1. The van der Waals surface area contributed by atoms with Crippen molar-refractivity contribution in [2.45, 2.75) is 51.6 Å². The van der Waals surface area contributed by atoms with Crippen molar-refractivity contribution >= 4 is 5.78 Å². The first-order valence-electron chi connectivity index (χ1n) is 6.00. The Kier molecular flexibility index (Phi) is 5.26. The Hall–Kier alpha value is -0.410. The maximum Gasteiger partial charge on any atom is 0.164 e. The van der Waals surface area contributed by atoms with E-state index < -0.39 is 5.60 Å². The average Bonchev–Trinajstić information content (AvgIpc) is 2.28. The Labute approximate surface area is 92.1 Å². The summed E-state index contributed by atoms with van der Waals surface area (Å²) in [5.74, 6) is 0.266. The second kappa shape index (κ2) is 6.23. The van der Waals surface area contributed by atoms with Crippen LogP contribution in [-0.4, -0.2) is 31.2 Å². The fourth-order valence-corrected chi connectivity index (χ4v) is 1.96. The van der Waals surface area contributed by atoms with Crippen LogP contribution in [0.5, 0.6) is 0 Å². The molecule has 0 atom stereocenters. The Morgan fingerprint density at radius 1 is 1.27 bits per heavy atom. The summed E-state index contributed by atoms with van der Waals surface area (Å²) in [6, 6.07) is 0. The van der Waals surface area contributed by atoms with Crippen LogP contribution in [-0.2, 0) is 14.3 Å². The number of carbonyl (C=O) groups excluding carboxylic acids is 1. The van der Waals surface area contributed by atoms with Gasteiger partial charge in [-0.2, -0.15) is 0 Å². The summed E-state index contributed by atoms with van der Waals surface area (Å²) in [6.45, 7) is 6.08. The maximum atomic E-state index is 12.0. The topological polar surface area (TPSA) is 35.5 Å². The van der Waals surface area contributed by atoms with Crippen molar-refractivity contribution in [3.05, 3.63) is 0 Å². The summed E-state index contributed by atoms with van der Waals surface area (Å²) in [5, 5.41) is 0. The van der Waals surface area contributed by atoms with Crippen LogP contribution < -0.4 is 0 Å². The third kappa shape index (κ3) is 3.28. The molecule has 3 nitrogen and oxygen atoms in total. The Morgan fingerprint density at radius 3 is 2.47 bits per heavy atom. The SMILES string of the molecule is CCCOC1(C(=O)CCC)CCOCC1. The standard InChI is InChI=1S/C12H22O3/c1-3-5-11(13)12(15-8-4-2)6-9-14-10-7-12/h3-10H2,1-2H3. The van der Waals surface area contributed by atoms with Crippen molar-refractivity contribution in [2.24, 2.45) is 0 Å². The number of ether oxygens (including phenoxy) is 2. The van der Waals surface area contributed by atoms with Gasteiger partial charge in [-0.3, -0.25) is 4.79 Å². The first kappa shape index (κ1) is 12.7. The molecule has 1 aliphatic rings. The molecule has 1 rings (SSSR count). The summed E-state index contributed by atoms with van der Waals surface area (Å²) in [6.07, 6.45) is 3.94. The summed E-state index contributed by atoms with van der Waals surface area (Å²) >= 11 is 0. The van der Waals surface area contributed by atoms with Gasteiger partial charge in [-0.25, -0.2) is 0 Å². The Morgan fingerprint density at radius 2 is 1.93 bits per heavy atom. The van der Waals surface area contributed by atoms with E-state index >= 15 is 0 Å². The van der Waals surface area contributed by atoms with Crippen molar-refractivity contribution in [1.82, 2.24) is 0 Å². The smallest absolute Gasteiger partial charge is 0.164 e. The zero-order chi connectivity index (χ0) is 11.1. The van der Waals surface area contributed by atoms with Gasteiger partial charge in [-0.1, -0.05) is 13.8 Å². The van der Waals surface area contributed by atoms with E-state index in [9.17, 15) is 4.79 Å².